The molecule has 0 aliphatic carbocycles. The lowest BCUT2D eigenvalue weighted by Gasteiger charge is -2.18. The predicted octanol–water partition coefficient (Wildman–Crippen LogP) is 1.20. The minimum Gasteiger partial charge on any atom is -0.399 e. The third kappa shape index (κ3) is 3.89. The van der Waals surface area contributed by atoms with Crippen molar-refractivity contribution in [2.45, 2.75) is 13.0 Å². The molecule has 0 saturated carbocycles. The zero-order valence-corrected chi connectivity index (χ0v) is 11.8. The number of anilines is 2. The van der Waals surface area contributed by atoms with Crippen LogP contribution in [0.25, 0.3) is 0 Å². The molecular formula is C11H16ClN3O2S. The van der Waals surface area contributed by atoms with Crippen molar-refractivity contribution in [3.8, 4) is 0 Å². The maximum Gasteiger partial charge on any atom is 0.250 e. The number of hydrogen-bond acceptors (Lipinski definition) is 4. The lowest BCUT2D eigenvalue weighted by Crippen LogP contribution is -2.25. The molecule has 1 aromatic rings. The van der Waals surface area contributed by atoms with Crippen LogP contribution in [0.5, 0.6) is 0 Å². The minimum atomic E-state index is -0.944. The molecule has 0 saturated heterocycles. The van der Waals surface area contributed by atoms with Crippen LogP contribution in [-0.4, -0.2) is 28.2 Å². The average Bonchev–Trinajstić information content (AvgIpc) is 2.20. The van der Waals surface area contributed by atoms with Crippen molar-refractivity contribution in [3.63, 3.8) is 0 Å². The van der Waals surface area contributed by atoms with Gasteiger partial charge in [0.1, 0.15) is 0 Å². The van der Waals surface area contributed by atoms with Crippen LogP contribution in [-0.2, 0) is 10.8 Å². The third-order valence-corrected chi connectivity index (χ3v) is 3.52. The number of nitrogens with two attached hydrogens (primary N) is 2. The first-order valence-corrected chi connectivity index (χ1v) is 7.37. The number of benzene rings is 1. The minimum absolute atomic E-state index is 0.102. The summed E-state index contributed by atoms with van der Waals surface area (Å²) in [6, 6.07) is 2.90. The Morgan fingerprint density at radius 1 is 1.56 bits per heavy atom. The standard InChI is InChI=1S/C11H16ClN3O2S/c1-6(5-18(2)17)15-10-8(11(14)16)3-7(13)4-9(10)12/h3-4,6,15H,5,13H2,1-2H3,(H2,14,16). The summed E-state index contributed by atoms with van der Waals surface area (Å²) >= 11 is 6.03. The molecule has 100 valence electrons. The summed E-state index contributed by atoms with van der Waals surface area (Å²) in [6.07, 6.45) is 1.61. The first-order valence-electron chi connectivity index (χ1n) is 5.26. The number of nitrogens with one attached hydrogen (secondary N) is 1. The molecule has 1 amide bonds. The van der Waals surface area contributed by atoms with Crippen LogP contribution < -0.4 is 16.8 Å². The number of rotatable bonds is 5. The van der Waals surface area contributed by atoms with Gasteiger partial charge in [-0.1, -0.05) is 11.6 Å². The van der Waals surface area contributed by atoms with Crippen LogP contribution >= 0.6 is 11.6 Å². The number of primary amides is 1. The smallest absolute Gasteiger partial charge is 0.250 e. The molecule has 2 atom stereocenters. The number of halogens is 1. The monoisotopic (exact) mass is 289 g/mol. The molecule has 0 heterocycles. The highest BCUT2D eigenvalue weighted by molar-refractivity contribution is 7.84. The highest BCUT2D eigenvalue weighted by atomic mass is 35.5. The Morgan fingerprint density at radius 3 is 2.67 bits per heavy atom. The Labute approximate surface area is 113 Å². The van der Waals surface area contributed by atoms with Crippen molar-refractivity contribution in [2.24, 2.45) is 5.73 Å². The first-order chi connectivity index (χ1) is 8.31. The van der Waals surface area contributed by atoms with Crippen molar-refractivity contribution < 1.29 is 9.00 Å². The van der Waals surface area contributed by atoms with Gasteiger partial charge in [-0.3, -0.25) is 9.00 Å². The van der Waals surface area contributed by atoms with E-state index in [1.54, 1.807) is 6.26 Å². The highest BCUT2D eigenvalue weighted by Gasteiger charge is 2.15. The second kappa shape index (κ2) is 6.06. The molecule has 1 rings (SSSR count). The Morgan fingerprint density at radius 2 is 2.17 bits per heavy atom. The van der Waals surface area contributed by atoms with E-state index in [4.69, 9.17) is 23.1 Å². The van der Waals surface area contributed by atoms with E-state index in [1.165, 1.54) is 12.1 Å². The molecule has 0 spiro atoms. The summed E-state index contributed by atoms with van der Waals surface area (Å²) in [7, 11) is -0.944. The van der Waals surface area contributed by atoms with Gasteiger partial charge >= 0.3 is 0 Å². The molecule has 0 fully saturated rings. The number of carbonyl (C=O) groups is 1. The van der Waals surface area contributed by atoms with E-state index in [9.17, 15) is 9.00 Å². The van der Waals surface area contributed by atoms with E-state index in [2.05, 4.69) is 5.32 Å². The maximum absolute atomic E-state index is 11.3. The van der Waals surface area contributed by atoms with Gasteiger partial charge in [-0.05, 0) is 19.1 Å². The van der Waals surface area contributed by atoms with Gasteiger partial charge in [0, 0.05) is 34.5 Å². The Kier molecular flexibility index (Phi) is 4.98. The molecular weight excluding hydrogens is 274 g/mol. The lowest BCUT2D eigenvalue weighted by molar-refractivity contribution is 0.100. The van der Waals surface area contributed by atoms with Crippen molar-refractivity contribution in [2.75, 3.05) is 23.1 Å². The molecule has 5 N–H and O–H groups in total. The van der Waals surface area contributed by atoms with Crippen molar-refractivity contribution in [1.82, 2.24) is 0 Å². The van der Waals surface area contributed by atoms with Gasteiger partial charge in [-0.2, -0.15) is 0 Å². The number of hydrogen-bond donors (Lipinski definition) is 3. The van der Waals surface area contributed by atoms with E-state index in [1.807, 2.05) is 6.92 Å². The van der Waals surface area contributed by atoms with Crippen LogP contribution in [0.4, 0.5) is 11.4 Å². The third-order valence-electron chi connectivity index (χ3n) is 2.25. The molecule has 0 bridgehead atoms. The average molecular weight is 290 g/mol. The van der Waals surface area contributed by atoms with Gasteiger partial charge in [0.25, 0.3) is 5.91 Å². The van der Waals surface area contributed by atoms with E-state index in [-0.39, 0.29) is 11.6 Å². The topological polar surface area (TPSA) is 98.2 Å². The second-order valence-electron chi connectivity index (χ2n) is 4.07. The Balaban J connectivity index is 3.07. The molecule has 0 aliphatic heterocycles. The number of nitrogen functional groups attached to an aromatic ring is 1. The van der Waals surface area contributed by atoms with E-state index < -0.39 is 16.7 Å². The molecule has 0 radical (unpaired) electrons. The van der Waals surface area contributed by atoms with Crippen LogP contribution in [0.15, 0.2) is 12.1 Å². The van der Waals surface area contributed by atoms with Gasteiger partial charge in [0.2, 0.25) is 0 Å². The zero-order chi connectivity index (χ0) is 13.9. The fourth-order valence-corrected chi connectivity index (χ4v) is 2.68. The number of amides is 1. The molecule has 0 aliphatic rings. The van der Waals surface area contributed by atoms with Crippen molar-refractivity contribution in [3.05, 3.63) is 22.7 Å². The summed E-state index contributed by atoms with van der Waals surface area (Å²) in [6.45, 7) is 1.85. The lowest BCUT2D eigenvalue weighted by atomic mass is 10.1. The van der Waals surface area contributed by atoms with Crippen LogP contribution in [0.2, 0.25) is 5.02 Å². The quantitative estimate of drug-likeness (QED) is 0.709. The summed E-state index contributed by atoms with van der Waals surface area (Å²) in [4.78, 5) is 11.3. The van der Waals surface area contributed by atoms with Crippen molar-refractivity contribution >= 4 is 39.7 Å². The SMILES string of the molecule is CC(CS(C)=O)Nc1c(Cl)cc(N)cc1C(N)=O. The van der Waals surface area contributed by atoms with Gasteiger partial charge in [0.15, 0.2) is 0 Å². The maximum atomic E-state index is 11.3. The fraction of sp³-hybridized carbons (Fsp3) is 0.364. The molecule has 5 nitrogen and oxygen atoms in total. The molecule has 2 unspecified atom stereocenters. The summed E-state index contributed by atoms with van der Waals surface area (Å²) < 4.78 is 11.1. The number of carbonyl (C=O) groups excluding carboxylic acids is 1. The molecule has 0 aromatic heterocycles. The summed E-state index contributed by atoms with van der Waals surface area (Å²) in [5, 5.41) is 3.35. The Hall–Kier alpha value is -1.27. The van der Waals surface area contributed by atoms with Crippen LogP contribution in [0.3, 0.4) is 0 Å². The predicted molar refractivity (Wildman–Crippen MR) is 76.4 cm³/mol. The van der Waals surface area contributed by atoms with Gasteiger partial charge < -0.3 is 16.8 Å². The largest absolute Gasteiger partial charge is 0.399 e. The first kappa shape index (κ1) is 14.8. The molecule has 1 aromatic carbocycles. The highest BCUT2D eigenvalue weighted by Crippen LogP contribution is 2.29. The van der Waals surface area contributed by atoms with Gasteiger partial charge in [-0.25, -0.2) is 0 Å². The van der Waals surface area contributed by atoms with Gasteiger partial charge in [0.05, 0.1) is 16.3 Å². The Bertz CT molecular complexity index is 493. The van der Waals surface area contributed by atoms with Crippen LogP contribution in [0.1, 0.15) is 17.3 Å². The van der Waals surface area contributed by atoms with Crippen molar-refractivity contribution in [1.29, 1.82) is 0 Å². The normalized spacial score (nSPS) is 13.9. The summed E-state index contributed by atoms with van der Waals surface area (Å²) in [5.74, 6) is -0.171. The molecule has 7 heteroatoms. The van der Waals surface area contributed by atoms with E-state index >= 15 is 0 Å². The fourth-order valence-electron chi connectivity index (χ4n) is 1.61. The molecule has 18 heavy (non-hydrogen) atoms. The van der Waals surface area contributed by atoms with Gasteiger partial charge in [-0.15, -0.1) is 0 Å². The van der Waals surface area contributed by atoms with E-state index in [0.29, 0.717) is 22.2 Å². The van der Waals surface area contributed by atoms with Crippen LogP contribution in [0, 0.1) is 0 Å². The summed E-state index contributed by atoms with van der Waals surface area (Å²) in [5.41, 5.74) is 11.9. The second-order valence-corrected chi connectivity index (χ2v) is 5.96. The zero-order valence-electron chi connectivity index (χ0n) is 10.2. The van der Waals surface area contributed by atoms with E-state index in [0.717, 1.165) is 0 Å².